The molecule has 0 unspecified atom stereocenters. The van der Waals surface area contributed by atoms with Gasteiger partial charge >= 0.3 is 17.9 Å². The molecule has 0 aromatic heterocycles. The Hall–Kier alpha value is -3.30. The van der Waals surface area contributed by atoms with E-state index >= 15 is 0 Å². The molecule has 0 radical (unpaired) electrons. The van der Waals surface area contributed by atoms with Crippen LogP contribution in [-0.4, -0.2) is 62.9 Å². The fourth-order valence-corrected chi connectivity index (χ4v) is 4.92. The molecule has 0 aliphatic heterocycles. The number of aliphatic imine (C=N–C) groups is 1. The fourth-order valence-electron chi connectivity index (χ4n) is 3.90. The van der Waals surface area contributed by atoms with E-state index < -0.39 is 50.6 Å². The highest BCUT2D eigenvalue weighted by Crippen LogP contribution is 2.37. The van der Waals surface area contributed by atoms with Crippen LogP contribution in [0.25, 0.3) is 0 Å². The van der Waals surface area contributed by atoms with E-state index in [9.17, 15) is 14.4 Å². The number of rotatable bonds is 12. The molecule has 0 spiro atoms. The van der Waals surface area contributed by atoms with Crippen LogP contribution in [0.3, 0.4) is 0 Å². The number of ether oxygens (including phenoxy) is 3. The summed E-state index contributed by atoms with van der Waals surface area (Å²) in [6, 6.07) is 18.5. The van der Waals surface area contributed by atoms with E-state index in [1.165, 1.54) is 20.8 Å². The van der Waals surface area contributed by atoms with Gasteiger partial charge in [-0.3, -0.25) is 19.4 Å². The molecule has 0 aliphatic rings. The maximum absolute atomic E-state index is 12.4. The minimum Gasteiger partial charge on any atom is -0.459 e. The molecule has 0 heterocycles. The van der Waals surface area contributed by atoms with E-state index in [0.717, 1.165) is 11.1 Å². The summed E-state index contributed by atoms with van der Waals surface area (Å²) in [4.78, 5) is 41.6. The minimum absolute atomic E-state index is 0.0855. The van der Waals surface area contributed by atoms with Crippen LogP contribution in [-0.2, 0) is 33.0 Å². The van der Waals surface area contributed by atoms with Crippen molar-refractivity contribution in [3.63, 3.8) is 0 Å². The third kappa shape index (κ3) is 9.71. The van der Waals surface area contributed by atoms with Crippen molar-refractivity contribution in [2.75, 3.05) is 6.61 Å². The number of nitrogens with zero attached hydrogens (tertiary/aromatic N) is 1. The average Bonchev–Trinajstić information content (AvgIpc) is 2.86. The fraction of sp³-hybridized carbons (Fsp3) is 0.484. The predicted molar refractivity (Wildman–Crippen MR) is 158 cm³/mol. The van der Waals surface area contributed by atoms with Crippen LogP contribution in [0, 0.1) is 0 Å². The SMILES string of the molecule is CC(=O)O[C@H]([C@H](OC(C)=O)[C@H](CO[Si](C)(C)C(C)(C)C)N=C(c1ccccc1)c1ccccc1)[C@@H](C)OC(C)=O. The summed E-state index contributed by atoms with van der Waals surface area (Å²) >= 11 is 0. The number of carbonyl (C=O) groups is 3. The topological polar surface area (TPSA) is 100 Å². The predicted octanol–water partition coefficient (Wildman–Crippen LogP) is 5.73. The number of hydrogen-bond acceptors (Lipinski definition) is 8. The van der Waals surface area contributed by atoms with Crippen LogP contribution >= 0.6 is 0 Å². The van der Waals surface area contributed by atoms with E-state index in [1.54, 1.807) is 6.92 Å². The van der Waals surface area contributed by atoms with Gasteiger partial charge in [0.05, 0.1) is 12.3 Å². The quantitative estimate of drug-likeness (QED) is 0.139. The number of benzene rings is 2. The molecular weight excluding hydrogens is 526 g/mol. The Kier molecular flexibility index (Phi) is 11.8. The Morgan fingerprint density at radius 2 is 1.18 bits per heavy atom. The molecule has 2 aromatic carbocycles. The van der Waals surface area contributed by atoms with Gasteiger partial charge in [0.2, 0.25) is 0 Å². The third-order valence-electron chi connectivity index (χ3n) is 6.93. The van der Waals surface area contributed by atoms with Crippen molar-refractivity contribution in [1.82, 2.24) is 0 Å². The maximum atomic E-state index is 12.4. The van der Waals surface area contributed by atoms with E-state index in [2.05, 4.69) is 33.9 Å². The summed E-state index contributed by atoms with van der Waals surface area (Å²) in [6.45, 7) is 16.1. The molecule has 0 N–H and O–H groups in total. The Morgan fingerprint density at radius 1 is 0.750 bits per heavy atom. The normalized spacial score (nSPS) is 14.7. The minimum atomic E-state index is -2.29. The van der Waals surface area contributed by atoms with Crippen LogP contribution in [0.15, 0.2) is 65.7 Å². The van der Waals surface area contributed by atoms with Crippen molar-refractivity contribution in [3.05, 3.63) is 71.8 Å². The molecule has 2 rings (SSSR count). The van der Waals surface area contributed by atoms with Gasteiger partial charge in [-0.15, -0.1) is 0 Å². The van der Waals surface area contributed by atoms with Gasteiger partial charge in [-0.05, 0) is 25.1 Å². The van der Waals surface area contributed by atoms with E-state index in [-0.39, 0.29) is 11.6 Å². The molecule has 2 aromatic rings. The lowest BCUT2D eigenvalue weighted by Crippen LogP contribution is -2.52. The average molecular weight is 570 g/mol. The summed E-state index contributed by atoms with van der Waals surface area (Å²) in [7, 11) is -2.29. The van der Waals surface area contributed by atoms with Crippen LogP contribution < -0.4 is 0 Å². The zero-order valence-electron chi connectivity index (χ0n) is 25.1. The second kappa shape index (κ2) is 14.4. The Balaban J connectivity index is 2.77. The smallest absolute Gasteiger partial charge is 0.303 e. The van der Waals surface area contributed by atoms with Gasteiger partial charge in [0.25, 0.3) is 0 Å². The second-order valence-corrected chi connectivity index (χ2v) is 16.1. The first-order chi connectivity index (χ1) is 18.6. The molecule has 0 saturated heterocycles. The third-order valence-corrected chi connectivity index (χ3v) is 11.4. The highest BCUT2D eigenvalue weighted by atomic mass is 28.4. The monoisotopic (exact) mass is 569 g/mol. The van der Waals surface area contributed by atoms with Gasteiger partial charge in [0.1, 0.15) is 12.1 Å². The largest absolute Gasteiger partial charge is 0.459 e. The van der Waals surface area contributed by atoms with Gasteiger partial charge in [-0.25, -0.2) is 0 Å². The molecule has 0 aliphatic carbocycles. The second-order valence-electron chi connectivity index (χ2n) is 11.3. The zero-order valence-corrected chi connectivity index (χ0v) is 26.1. The molecule has 218 valence electrons. The highest BCUT2D eigenvalue weighted by Gasteiger charge is 2.43. The maximum Gasteiger partial charge on any atom is 0.303 e. The first-order valence-electron chi connectivity index (χ1n) is 13.5. The molecule has 4 atom stereocenters. The molecular formula is C31H43NO7Si. The molecule has 0 saturated carbocycles. The molecule has 0 amide bonds. The summed E-state index contributed by atoms with van der Waals surface area (Å²) in [5.74, 6) is -1.76. The standard InChI is InChI=1S/C31H43NO7Si/c1-21(37-22(2)33)29(38-23(3)34)30(39-24(4)35)27(20-36-40(8,9)31(5,6)7)32-28(25-16-12-10-13-17-25)26-18-14-11-15-19-26/h10-19,21,27,29-30H,20H2,1-9H3/t21-,27+,29+,30-/m1/s1. The highest BCUT2D eigenvalue weighted by molar-refractivity contribution is 6.74. The van der Waals surface area contributed by atoms with Crippen LogP contribution in [0.4, 0.5) is 0 Å². The van der Waals surface area contributed by atoms with Crippen molar-refractivity contribution in [3.8, 4) is 0 Å². The number of carbonyl (C=O) groups excluding carboxylic acids is 3. The van der Waals surface area contributed by atoms with Gasteiger partial charge < -0.3 is 18.6 Å². The lowest BCUT2D eigenvalue weighted by molar-refractivity contribution is -0.183. The van der Waals surface area contributed by atoms with E-state index in [1.807, 2.05) is 60.7 Å². The zero-order chi connectivity index (χ0) is 30.1. The Bertz CT molecular complexity index is 1120. The number of hydrogen-bond donors (Lipinski definition) is 0. The lowest BCUT2D eigenvalue weighted by Gasteiger charge is -2.39. The first-order valence-corrected chi connectivity index (χ1v) is 16.4. The van der Waals surface area contributed by atoms with Crippen molar-refractivity contribution in [2.24, 2.45) is 4.99 Å². The molecule has 0 bridgehead atoms. The van der Waals surface area contributed by atoms with Crippen molar-refractivity contribution in [2.45, 2.75) is 91.0 Å². The van der Waals surface area contributed by atoms with Crippen molar-refractivity contribution in [1.29, 1.82) is 0 Å². The van der Waals surface area contributed by atoms with E-state index in [0.29, 0.717) is 5.71 Å². The number of esters is 3. The van der Waals surface area contributed by atoms with Crippen LogP contribution in [0.1, 0.15) is 59.6 Å². The van der Waals surface area contributed by atoms with Crippen LogP contribution in [0.5, 0.6) is 0 Å². The first kappa shape index (κ1) is 32.9. The Morgan fingerprint density at radius 3 is 1.57 bits per heavy atom. The summed E-state index contributed by atoms with van der Waals surface area (Å²) in [6.07, 6.45) is -3.16. The van der Waals surface area contributed by atoms with Crippen molar-refractivity contribution < 1.29 is 33.0 Å². The van der Waals surface area contributed by atoms with Crippen molar-refractivity contribution >= 4 is 31.9 Å². The van der Waals surface area contributed by atoms with Crippen LogP contribution in [0.2, 0.25) is 18.1 Å². The molecule has 0 fully saturated rings. The Labute approximate surface area is 239 Å². The van der Waals surface area contributed by atoms with E-state index in [4.69, 9.17) is 23.6 Å². The van der Waals surface area contributed by atoms with Gasteiger partial charge in [-0.1, -0.05) is 81.4 Å². The summed E-state index contributed by atoms with van der Waals surface area (Å²) < 4.78 is 23.5. The summed E-state index contributed by atoms with van der Waals surface area (Å²) in [5, 5.41) is -0.0970. The van der Waals surface area contributed by atoms with Gasteiger partial charge in [0.15, 0.2) is 20.5 Å². The van der Waals surface area contributed by atoms with Gasteiger partial charge in [0, 0.05) is 31.9 Å². The lowest BCUT2D eigenvalue weighted by atomic mass is 9.98. The molecule has 8 nitrogen and oxygen atoms in total. The summed E-state index contributed by atoms with van der Waals surface area (Å²) in [5.41, 5.74) is 2.36. The molecule has 40 heavy (non-hydrogen) atoms. The van der Waals surface area contributed by atoms with Gasteiger partial charge in [-0.2, -0.15) is 0 Å². The molecule has 9 heteroatoms.